The first-order valence-corrected chi connectivity index (χ1v) is 7.08. The molecule has 2 aliphatic rings. The van der Waals surface area contributed by atoms with Crippen molar-refractivity contribution in [3.63, 3.8) is 0 Å². The Bertz CT molecular complexity index is 429. The maximum absolute atomic E-state index is 5.59. The van der Waals surface area contributed by atoms with E-state index in [1.165, 1.54) is 5.56 Å². The molecular formula is C15H21NO3. The van der Waals surface area contributed by atoms with Crippen molar-refractivity contribution in [2.75, 3.05) is 19.8 Å². The zero-order valence-electron chi connectivity index (χ0n) is 11.4. The first kappa shape index (κ1) is 12.8. The van der Waals surface area contributed by atoms with Crippen LogP contribution in [0.4, 0.5) is 0 Å². The summed E-state index contributed by atoms with van der Waals surface area (Å²) in [5.41, 5.74) is 1.24. The van der Waals surface area contributed by atoms with E-state index >= 15 is 0 Å². The summed E-state index contributed by atoms with van der Waals surface area (Å²) in [6.45, 7) is 5.03. The van der Waals surface area contributed by atoms with Crippen molar-refractivity contribution in [3.05, 3.63) is 23.8 Å². The molecule has 0 aromatic heterocycles. The van der Waals surface area contributed by atoms with E-state index < -0.39 is 0 Å². The number of fused-ring (bicyclic) bond motifs is 1. The van der Waals surface area contributed by atoms with Crippen LogP contribution in [-0.4, -0.2) is 32.0 Å². The molecule has 0 bridgehead atoms. The summed E-state index contributed by atoms with van der Waals surface area (Å²) >= 11 is 0. The summed E-state index contributed by atoms with van der Waals surface area (Å²) in [5.74, 6) is 1.72. The van der Waals surface area contributed by atoms with Crippen LogP contribution >= 0.6 is 0 Å². The Hall–Kier alpha value is -1.26. The summed E-state index contributed by atoms with van der Waals surface area (Å²) in [6.07, 6.45) is 2.71. The third-order valence-electron chi connectivity index (χ3n) is 3.70. The van der Waals surface area contributed by atoms with Crippen LogP contribution in [0.25, 0.3) is 0 Å². The number of hydrogen-bond donors (Lipinski definition) is 1. The van der Waals surface area contributed by atoms with Gasteiger partial charge in [-0.15, -0.1) is 0 Å². The standard InChI is InChI=1S/C15H21NO3/c1-2-17-13-8-12(9-13)16-10-11-3-4-14-15(7-11)19-6-5-18-14/h3-4,7,12-13,16H,2,5-6,8-10H2,1H3. The van der Waals surface area contributed by atoms with Crippen molar-refractivity contribution in [2.24, 2.45) is 0 Å². The minimum atomic E-state index is 0.461. The summed E-state index contributed by atoms with van der Waals surface area (Å²) in [7, 11) is 0. The Labute approximate surface area is 114 Å². The zero-order valence-corrected chi connectivity index (χ0v) is 11.4. The second-order valence-electron chi connectivity index (χ2n) is 5.10. The van der Waals surface area contributed by atoms with Gasteiger partial charge in [0.2, 0.25) is 0 Å². The second kappa shape index (κ2) is 5.80. The largest absolute Gasteiger partial charge is 0.486 e. The first-order chi connectivity index (χ1) is 9.35. The lowest BCUT2D eigenvalue weighted by Gasteiger charge is -2.35. The average Bonchev–Trinajstić information content (AvgIpc) is 2.41. The van der Waals surface area contributed by atoms with Gasteiger partial charge in [0.25, 0.3) is 0 Å². The highest BCUT2D eigenvalue weighted by Crippen LogP contribution is 2.31. The molecule has 1 saturated carbocycles. The van der Waals surface area contributed by atoms with Gasteiger partial charge in [-0.25, -0.2) is 0 Å². The quantitative estimate of drug-likeness (QED) is 0.883. The number of nitrogens with one attached hydrogen (secondary N) is 1. The van der Waals surface area contributed by atoms with Gasteiger partial charge in [-0.1, -0.05) is 6.07 Å². The molecule has 19 heavy (non-hydrogen) atoms. The van der Waals surface area contributed by atoms with Gasteiger partial charge in [0, 0.05) is 19.2 Å². The van der Waals surface area contributed by atoms with Crippen molar-refractivity contribution in [1.29, 1.82) is 0 Å². The van der Waals surface area contributed by atoms with Gasteiger partial charge in [0.1, 0.15) is 13.2 Å². The molecule has 1 heterocycles. The Balaban J connectivity index is 1.48. The van der Waals surface area contributed by atoms with Crippen LogP contribution in [0, 0.1) is 0 Å². The molecule has 0 saturated heterocycles. The third kappa shape index (κ3) is 3.01. The minimum absolute atomic E-state index is 0.461. The SMILES string of the molecule is CCOC1CC(NCc2ccc3c(c2)OCCO3)C1. The van der Waals surface area contributed by atoms with Gasteiger partial charge in [-0.05, 0) is 37.5 Å². The number of hydrogen-bond acceptors (Lipinski definition) is 4. The monoisotopic (exact) mass is 263 g/mol. The highest BCUT2D eigenvalue weighted by molar-refractivity contribution is 5.43. The fraction of sp³-hybridized carbons (Fsp3) is 0.600. The summed E-state index contributed by atoms with van der Waals surface area (Å²) in [6, 6.07) is 6.75. The molecule has 1 aliphatic carbocycles. The fourth-order valence-electron chi connectivity index (χ4n) is 2.56. The van der Waals surface area contributed by atoms with Crippen LogP contribution in [0.3, 0.4) is 0 Å². The van der Waals surface area contributed by atoms with E-state index in [4.69, 9.17) is 14.2 Å². The summed E-state index contributed by atoms with van der Waals surface area (Å²) in [4.78, 5) is 0. The van der Waals surface area contributed by atoms with Gasteiger partial charge in [-0.3, -0.25) is 0 Å². The molecule has 0 spiro atoms. The molecule has 4 heteroatoms. The lowest BCUT2D eigenvalue weighted by atomic mass is 9.89. The zero-order chi connectivity index (χ0) is 13.1. The molecule has 1 aliphatic heterocycles. The molecule has 1 fully saturated rings. The highest BCUT2D eigenvalue weighted by Gasteiger charge is 2.28. The van der Waals surface area contributed by atoms with E-state index in [0.29, 0.717) is 25.4 Å². The van der Waals surface area contributed by atoms with Crippen LogP contribution in [-0.2, 0) is 11.3 Å². The van der Waals surface area contributed by atoms with E-state index in [1.807, 2.05) is 6.07 Å². The highest BCUT2D eigenvalue weighted by atomic mass is 16.6. The molecule has 4 nitrogen and oxygen atoms in total. The predicted octanol–water partition coefficient (Wildman–Crippen LogP) is 2.11. The molecule has 3 rings (SSSR count). The second-order valence-corrected chi connectivity index (χ2v) is 5.10. The smallest absolute Gasteiger partial charge is 0.161 e. The number of benzene rings is 1. The van der Waals surface area contributed by atoms with Crippen molar-refractivity contribution in [2.45, 2.75) is 38.5 Å². The first-order valence-electron chi connectivity index (χ1n) is 7.08. The van der Waals surface area contributed by atoms with Gasteiger partial charge in [-0.2, -0.15) is 0 Å². The fourth-order valence-corrected chi connectivity index (χ4v) is 2.56. The Morgan fingerprint density at radius 2 is 2.00 bits per heavy atom. The number of rotatable bonds is 5. The lowest BCUT2D eigenvalue weighted by molar-refractivity contribution is -0.0102. The predicted molar refractivity (Wildman–Crippen MR) is 72.7 cm³/mol. The van der Waals surface area contributed by atoms with Gasteiger partial charge in [0.05, 0.1) is 6.10 Å². The molecule has 0 radical (unpaired) electrons. The van der Waals surface area contributed by atoms with Gasteiger partial charge < -0.3 is 19.5 Å². The maximum atomic E-state index is 5.59. The van der Waals surface area contributed by atoms with E-state index in [2.05, 4.69) is 24.4 Å². The summed E-state index contributed by atoms with van der Waals surface area (Å²) in [5, 5.41) is 3.55. The van der Waals surface area contributed by atoms with Crippen molar-refractivity contribution in [3.8, 4) is 11.5 Å². The lowest BCUT2D eigenvalue weighted by Crippen LogP contribution is -2.45. The molecular weight excluding hydrogens is 242 g/mol. The van der Waals surface area contributed by atoms with Crippen LogP contribution < -0.4 is 14.8 Å². The molecule has 0 amide bonds. The molecule has 1 aromatic rings. The number of ether oxygens (including phenoxy) is 3. The van der Waals surface area contributed by atoms with Crippen molar-refractivity contribution >= 4 is 0 Å². The van der Waals surface area contributed by atoms with Gasteiger partial charge in [0.15, 0.2) is 11.5 Å². The van der Waals surface area contributed by atoms with Crippen LogP contribution in [0.5, 0.6) is 11.5 Å². The van der Waals surface area contributed by atoms with E-state index in [0.717, 1.165) is 37.5 Å². The maximum Gasteiger partial charge on any atom is 0.161 e. The van der Waals surface area contributed by atoms with Crippen LogP contribution in [0.1, 0.15) is 25.3 Å². The van der Waals surface area contributed by atoms with Crippen LogP contribution in [0.2, 0.25) is 0 Å². The molecule has 104 valence electrons. The van der Waals surface area contributed by atoms with Gasteiger partial charge >= 0.3 is 0 Å². The topological polar surface area (TPSA) is 39.7 Å². The molecule has 0 atom stereocenters. The van der Waals surface area contributed by atoms with E-state index in [1.54, 1.807) is 0 Å². The minimum Gasteiger partial charge on any atom is -0.486 e. The third-order valence-corrected chi connectivity index (χ3v) is 3.70. The van der Waals surface area contributed by atoms with E-state index in [-0.39, 0.29) is 0 Å². The Morgan fingerprint density at radius 3 is 2.79 bits per heavy atom. The Kier molecular flexibility index (Phi) is 3.89. The molecule has 1 aromatic carbocycles. The van der Waals surface area contributed by atoms with Crippen LogP contribution in [0.15, 0.2) is 18.2 Å². The summed E-state index contributed by atoms with van der Waals surface area (Å²) < 4.78 is 16.7. The average molecular weight is 263 g/mol. The van der Waals surface area contributed by atoms with E-state index in [9.17, 15) is 0 Å². The Morgan fingerprint density at radius 1 is 1.21 bits per heavy atom. The molecule has 1 N–H and O–H groups in total. The molecule has 0 unspecified atom stereocenters. The van der Waals surface area contributed by atoms with Crippen molar-refractivity contribution in [1.82, 2.24) is 5.32 Å². The van der Waals surface area contributed by atoms with Crippen molar-refractivity contribution < 1.29 is 14.2 Å². The normalized spacial score (nSPS) is 24.9.